The fourth-order valence-corrected chi connectivity index (χ4v) is 2.64. The molecule has 0 radical (unpaired) electrons. The summed E-state index contributed by atoms with van der Waals surface area (Å²) in [6.07, 6.45) is 2.02. The molecule has 3 heteroatoms. The van der Waals surface area contributed by atoms with Gasteiger partial charge in [0.2, 0.25) is 0 Å². The molecule has 20 heavy (non-hydrogen) atoms. The van der Waals surface area contributed by atoms with E-state index in [1.54, 1.807) is 13.2 Å². The van der Waals surface area contributed by atoms with Gasteiger partial charge in [0, 0.05) is 23.4 Å². The number of carbonyl (C=O) groups excluding carboxylic acids is 1. The van der Waals surface area contributed by atoms with E-state index >= 15 is 0 Å². The highest BCUT2D eigenvalue weighted by Crippen LogP contribution is 2.27. The predicted octanol–water partition coefficient (Wildman–Crippen LogP) is 3.28. The Morgan fingerprint density at radius 3 is 2.90 bits per heavy atom. The number of nitrogens with one attached hydrogen (secondary N) is 1. The van der Waals surface area contributed by atoms with Crippen molar-refractivity contribution in [2.75, 3.05) is 19.0 Å². The van der Waals surface area contributed by atoms with E-state index in [2.05, 4.69) is 5.32 Å². The Morgan fingerprint density at radius 1 is 1.20 bits per heavy atom. The molecule has 0 aliphatic carbocycles. The van der Waals surface area contributed by atoms with Crippen LogP contribution in [0.3, 0.4) is 0 Å². The van der Waals surface area contributed by atoms with Crippen LogP contribution in [0.15, 0.2) is 42.5 Å². The van der Waals surface area contributed by atoms with Gasteiger partial charge in [0.05, 0.1) is 7.11 Å². The SMILES string of the molecule is COc1cccc(C(=O)c2cccc3c2CCCN3)c1. The Labute approximate surface area is 118 Å². The third kappa shape index (κ3) is 2.27. The van der Waals surface area contributed by atoms with Gasteiger partial charge in [-0.25, -0.2) is 0 Å². The second-order valence-electron chi connectivity index (χ2n) is 4.92. The molecule has 0 amide bonds. The van der Waals surface area contributed by atoms with Crippen molar-refractivity contribution in [3.8, 4) is 5.75 Å². The van der Waals surface area contributed by atoms with Crippen molar-refractivity contribution in [2.24, 2.45) is 0 Å². The Hall–Kier alpha value is -2.29. The molecule has 0 atom stereocenters. The summed E-state index contributed by atoms with van der Waals surface area (Å²) < 4.78 is 5.19. The van der Waals surface area contributed by atoms with Gasteiger partial charge in [-0.15, -0.1) is 0 Å². The van der Waals surface area contributed by atoms with Gasteiger partial charge >= 0.3 is 0 Å². The van der Waals surface area contributed by atoms with Crippen molar-refractivity contribution in [2.45, 2.75) is 12.8 Å². The lowest BCUT2D eigenvalue weighted by molar-refractivity contribution is 0.103. The quantitative estimate of drug-likeness (QED) is 0.867. The first kappa shape index (κ1) is 12.7. The average molecular weight is 267 g/mol. The molecule has 102 valence electrons. The number of rotatable bonds is 3. The van der Waals surface area contributed by atoms with Crippen molar-refractivity contribution in [3.63, 3.8) is 0 Å². The molecule has 1 heterocycles. The van der Waals surface area contributed by atoms with Crippen molar-refractivity contribution in [3.05, 3.63) is 59.2 Å². The fraction of sp³-hybridized carbons (Fsp3) is 0.235. The minimum atomic E-state index is 0.0597. The van der Waals surface area contributed by atoms with Crippen molar-refractivity contribution in [1.29, 1.82) is 0 Å². The van der Waals surface area contributed by atoms with Crippen LogP contribution in [-0.2, 0) is 6.42 Å². The Morgan fingerprint density at radius 2 is 2.05 bits per heavy atom. The molecule has 3 rings (SSSR count). The minimum absolute atomic E-state index is 0.0597. The Bertz CT molecular complexity index is 649. The van der Waals surface area contributed by atoms with Crippen LogP contribution in [-0.4, -0.2) is 19.4 Å². The molecule has 0 aromatic heterocycles. The van der Waals surface area contributed by atoms with Crippen LogP contribution in [0.1, 0.15) is 27.9 Å². The lowest BCUT2D eigenvalue weighted by Gasteiger charge is -2.20. The number of ether oxygens (including phenoxy) is 1. The average Bonchev–Trinajstić information content (AvgIpc) is 2.53. The van der Waals surface area contributed by atoms with E-state index in [0.29, 0.717) is 11.3 Å². The second-order valence-corrected chi connectivity index (χ2v) is 4.92. The normalized spacial score (nSPS) is 13.2. The standard InChI is InChI=1S/C17H17NO2/c1-20-13-6-2-5-12(11-13)17(19)15-7-3-9-16-14(15)8-4-10-18-16/h2-3,5-7,9,11,18H,4,8,10H2,1H3. The molecule has 1 N–H and O–H groups in total. The summed E-state index contributed by atoms with van der Waals surface area (Å²) in [4.78, 5) is 12.7. The van der Waals surface area contributed by atoms with E-state index in [-0.39, 0.29) is 5.78 Å². The smallest absolute Gasteiger partial charge is 0.193 e. The number of benzene rings is 2. The van der Waals surface area contributed by atoms with Crippen LogP contribution in [0.5, 0.6) is 5.75 Å². The monoisotopic (exact) mass is 267 g/mol. The summed E-state index contributed by atoms with van der Waals surface area (Å²) in [5.41, 5.74) is 3.68. The van der Waals surface area contributed by atoms with Crippen molar-refractivity contribution >= 4 is 11.5 Å². The lowest BCUT2D eigenvalue weighted by Crippen LogP contribution is -2.16. The largest absolute Gasteiger partial charge is 0.497 e. The fourth-order valence-electron chi connectivity index (χ4n) is 2.64. The van der Waals surface area contributed by atoms with E-state index in [9.17, 15) is 4.79 Å². The third-order valence-corrected chi connectivity index (χ3v) is 3.67. The second kappa shape index (κ2) is 5.37. The topological polar surface area (TPSA) is 38.3 Å². The van der Waals surface area contributed by atoms with Crippen LogP contribution in [0.4, 0.5) is 5.69 Å². The van der Waals surface area contributed by atoms with Gasteiger partial charge in [-0.05, 0) is 36.6 Å². The lowest BCUT2D eigenvalue weighted by atomic mass is 9.92. The first-order chi connectivity index (χ1) is 9.79. The number of fused-ring (bicyclic) bond motifs is 1. The molecule has 1 aliphatic rings. The first-order valence-electron chi connectivity index (χ1n) is 6.84. The van der Waals surface area contributed by atoms with Gasteiger partial charge in [-0.2, -0.15) is 0 Å². The number of anilines is 1. The van der Waals surface area contributed by atoms with Crippen LogP contribution in [0.25, 0.3) is 0 Å². The van der Waals surface area contributed by atoms with Crippen LogP contribution in [0.2, 0.25) is 0 Å². The number of methoxy groups -OCH3 is 1. The van der Waals surface area contributed by atoms with Gasteiger partial charge in [0.25, 0.3) is 0 Å². The molecule has 0 unspecified atom stereocenters. The Balaban J connectivity index is 2.02. The van der Waals surface area contributed by atoms with Gasteiger partial charge in [-0.3, -0.25) is 4.79 Å². The van der Waals surface area contributed by atoms with E-state index in [4.69, 9.17) is 4.74 Å². The molecule has 0 spiro atoms. The van der Waals surface area contributed by atoms with Gasteiger partial charge < -0.3 is 10.1 Å². The summed E-state index contributed by atoms with van der Waals surface area (Å²) in [6, 6.07) is 13.2. The zero-order valence-electron chi connectivity index (χ0n) is 11.5. The minimum Gasteiger partial charge on any atom is -0.497 e. The zero-order chi connectivity index (χ0) is 13.9. The molecule has 0 saturated carbocycles. The first-order valence-corrected chi connectivity index (χ1v) is 6.84. The van der Waals surface area contributed by atoms with Crippen LogP contribution in [0, 0.1) is 0 Å². The van der Waals surface area contributed by atoms with Gasteiger partial charge in [0.1, 0.15) is 5.75 Å². The maximum absolute atomic E-state index is 12.7. The zero-order valence-corrected chi connectivity index (χ0v) is 11.5. The number of hydrogen-bond acceptors (Lipinski definition) is 3. The summed E-state index contributed by atoms with van der Waals surface area (Å²) in [7, 11) is 1.61. The number of hydrogen-bond donors (Lipinski definition) is 1. The summed E-state index contributed by atoms with van der Waals surface area (Å²) in [6.45, 7) is 0.976. The molecule has 0 saturated heterocycles. The summed E-state index contributed by atoms with van der Waals surface area (Å²) >= 11 is 0. The molecule has 0 bridgehead atoms. The summed E-state index contributed by atoms with van der Waals surface area (Å²) in [5, 5.41) is 3.35. The molecule has 1 aliphatic heterocycles. The van der Waals surface area contributed by atoms with E-state index in [1.165, 1.54) is 0 Å². The molecule has 2 aromatic rings. The van der Waals surface area contributed by atoms with Gasteiger partial charge in [0.15, 0.2) is 5.78 Å². The van der Waals surface area contributed by atoms with Crippen LogP contribution < -0.4 is 10.1 Å². The van der Waals surface area contributed by atoms with E-state index in [1.807, 2.05) is 36.4 Å². The highest BCUT2D eigenvalue weighted by Gasteiger charge is 2.18. The van der Waals surface area contributed by atoms with Gasteiger partial charge in [-0.1, -0.05) is 24.3 Å². The predicted molar refractivity (Wildman–Crippen MR) is 79.7 cm³/mol. The maximum atomic E-state index is 12.7. The highest BCUT2D eigenvalue weighted by molar-refractivity contribution is 6.10. The van der Waals surface area contributed by atoms with Crippen molar-refractivity contribution in [1.82, 2.24) is 0 Å². The van der Waals surface area contributed by atoms with Crippen LogP contribution >= 0.6 is 0 Å². The Kier molecular flexibility index (Phi) is 3.42. The third-order valence-electron chi connectivity index (χ3n) is 3.67. The maximum Gasteiger partial charge on any atom is 0.193 e. The summed E-state index contributed by atoms with van der Waals surface area (Å²) in [5.74, 6) is 0.767. The molecular formula is C17H17NO2. The highest BCUT2D eigenvalue weighted by atomic mass is 16.5. The molecule has 3 nitrogen and oxygen atoms in total. The number of ketones is 1. The number of carbonyl (C=O) groups is 1. The molecule has 2 aromatic carbocycles. The molecular weight excluding hydrogens is 250 g/mol. The molecule has 0 fully saturated rings. The van der Waals surface area contributed by atoms with Crippen molar-refractivity contribution < 1.29 is 9.53 Å². The van der Waals surface area contributed by atoms with E-state index < -0.39 is 0 Å². The van der Waals surface area contributed by atoms with E-state index in [0.717, 1.165) is 36.2 Å².